The largest absolute Gasteiger partial charge is 0.349 e. The Balaban J connectivity index is 1.72. The van der Waals surface area contributed by atoms with Crippen LogP contribution in [-0.2, 0) is 0 Å². The predicted octanol–water partition coefficient (Wildman–Crippen LogP) is 3.29. The number of carbonyl (C=O) groups is 1. The molecule has 0 spiro atoms. The van der Waals surface area contributed by atoms with Crippen molar-refractivity contribution in [1.29, 1.82) is 0 Å². The maximum Gasteiger partial charge on any atom is 0.255 e. The van der Waals surface area contributed by atoms with Crippen molar-refractivity contribution >= 4 is 5.91 Å². The number of nitrogens with zero attached hydrogens (tertiary/aromatic N) is 2. The Morgan fingerprint density at radius 1 is 1.15 bits per heavy atom. The molecule has 1 aliphatic heterocycles. The average molecular weight is 374 g/mol. The summed E-state index contributed by atoms with van der Waals surface area (Å²) in [5, 5.41) is 10.7. The lowest BCUT2D eigenvalue weighted by Crippen LogP contribution is -2.34. The van der Waals surface area contributed by atoms with E-state index < -0.39 is 11.6 Å². The van der Waals surface area contributed by atoms with Crippen molar-refractivity contribution in [3.63, 3.8) is 0 Å². The minimum Gasteiger partial charge on any atom is -0.349 e. The lowest BCUT2D eigenvalue weighted by Gasteiger charge is -2.25. The van der Waals surface area contributed by atoms with Crippen LogP contribution in [0.2, 0.25) is 0 Å². The van der Waals surface area contributed by atoms with E-state index in [-0.39, 0.29) is 23.6 Å². The summed E-state index contributed by atoms with van der Waals surface area (Å²) in [6.07, 6.45) is 7.46. The van der Waals surface area contributed by atoms with Crippen molar-refractivity contribution in [2.75, 3.05) is 13.1 Å². The number of amides is 1. The van der Waals surface area contributed by atoms with Gasteiger partial charge in [0.25, 0.3) is 5.91 Å². The van der Waals surface area contributed by atoms with Crippen LogP contribution in [0.1, 0.15) is 60.5 Å². The molecule has 4 rings (SSSR count). The number of piperidine rings is 1. The molecule has 27 heavy (non-hydrogen) atoms. The van der Waals surface area contributed by atoms with Crippen LogP contribution in [0.4, 0.5) is 8.78 Å². The molecule has 0 atom stereocenters. The Morgan fingerprint density at radius 2 is 1.89 bits per heavy atom. The normalized spacial score (nSPS) is 18.7. The van der Waals surface area contributed by atoms with E-state index >= 15 is 0 Å². The SMILES string of the molecule is O=C(NC1CCCC1)c1cnn(-c2ccc(F)cc2F)c1C1CCNCC1. The second-order valence-corrected chi connectivity index (χ2v) is 7.43. The van der Waals surface area contributed by atoms with Gasteiger partial charge in [-0.25, -0.2) is 13.5 Å². The van der Waals surface area contributed by atoms with Crippen molar-refractivity contribution in [3.8, 4) is 5.69 Å². The van der Waals surface area contributed by atoms with E-state index in [9.17, 15) is 13.6 Å². The molecule has 144 valence electrons. The maximum absolute atomic E-state index is 14.4. The number of halogens is 2. The fourth-order valence-corrected chi connectivity index (χ4v) is 4.20. The first-order valence-corrected chi connectivity index (χ1v) is 9.68. The van der Waals surface area contributed by atoms with Crippen molar-refractivity contribution in [2.24, 2.45) is 0 Å². The number of nitrogens with one attached hydrogen (secondary N) is 2. The highest BCUT2D eigenvalue weighted by Gasteiger charge is 2.29. The monoisotopic (exact) mass is 374 g/mol. The molecule has 5 nitrogen and oxygen atoms in total. The lowest BCUT2D eigenvalue weighted by atomic mass is 9.91. The second kappa shape index (κ2) is 7.76. The molecular weight excluding hydrogens is 350 g/mol. The molecule has 7 heteroatoms. The van der Waals surface area contributed by atoms with Gasteiger partial charge in [0, 0.05) is 18.0 Å². The van der Waals surface area contributed by atoms with E-state index in [1.165, 1.54) is 23.0 Å². The summed E-state index contributed by atoms with van der Waals surface area (Å²) in [4.78, 5) is 12.9. The smallest absolute Gasteiger partial charge is 0.255 e. The van der Waals surface area contributed by atoms with Gasteiger partial charge < -0.3 is 10.6 Å². The molecule has 2 fully saturated rings. The predicted molar refractivity (Wildman–Crippen MR) is 98.0 cm³/mol. The van der Waals surface area contributed by atoms with E-state index in [4.69, 9.17) is 0 Å². The third kappa shape index (κ3) is 3.74. The van der Waals surface area contributed by atoms with Gasteiger partial charge in [-0.3, -0.25) is 4.79 Å². The van der Waals surface area contributed by atoms with Crippen molar-refractivity contribution in [1.82, 2.24) is 20.4 Å². The lowest BCUT2D eigenvalue weighted by molar-refractivity contribution is 0.0936. The van der Waals surface area contributed by atoms with Gasteiger partial charge in [0.1, 0.15) is 11.5 Å². The highest BCUT2D eigenvalue weighted by Crippen LogP contribution is 2.31. The van der Waals surface area contributed by atoms with Crippen LogP contribution in [0.5, 0.6) is 0 Å². The summed E-state index contributed by atoms with van der Waals surface area (Å²) in [6, 6.07) is 3.64. The molecule has 2 aliphatic rings. The number of rotatable bonds is 4. The third-order valence-electron chi connectivity index (χ3n) is 5.61. The standard InChI is InChI=1S/C20H24F2N4O/c21-14-5-6-18(17(22)11-14)26-19(13-7-9-23-10-8-13)16(12-24-26)20(27)25-15-3-1-2-4-15/h5-6,11-13,15,23H,1-4,7-10H2,(H,25,27). The van der Waals surface area contributed by atoms with Crippen LogP contribution >= 0.6 is 0 Å². The fourth-order valence-electron chi connectivity index (χ4n) is 4.20. The summed E-state index contributed by atoms with van der Waals surface area (Å²) in [5.74, 6) is -1.37. The Hall–Kier alpha value is -2.28. The van der Waals surface area contributed by atoms with Gasteiger partial charge in [0.05, 0.1) is 17.5 Å². The van der Waals surface area contributed by atoms with Crippen LogP contribution in [0.15, 0.2) is 24.4 Å². The molecule has 2 aromatic rings. The zero-order valence-electron chi connectivity index (χ0n) is 15.2. The number of aromatic nitrogens is 2. The molecule has 1 amide bonds. The summed E-state index contributed by atoms with van der Waals surface area (Å²) in [7, 11) is 0. The Bertz CT molecular complexity index is 823. The first kappa shape index (κ1) is 18.1. The van der Waals surface area contributed by atoms with Gasteiger partial charge in [0.15, 0.2) is 5.82 Å². The molecule has 0 unspecified atom stereocenters. The van der Waals surface area contributed by atoms with Gasteiger partial charge in [-0.2, -0.15) is 5.10 Å². The molecule has 1 aromatic heterocycles. The fraction of sp³-hybridized carbons (Fsp3) is 0.500. The number of hydrogen-bond donors (Lipinski definition) is 2. The Kier molecular flexibility index (Phi) is 5.20. The van der Waals surface area contributed by atoms with Crippen LogP contribution < -0.4 is 10.6 Å². The molecule has 1 aliphatic carbocycles. The van der Waals surface area contributed by atoms with Gasteiger partial charge in [0.2, 0.25) is 0 Å². The number of benzene rings is 1. The van der Waals surface area contributed by atoms with Gasteiger partial charge in [-0.05, 0) is 50.9 Å². The van der Waals surface area contributed by atoms with Gasteiger partial charge in [-0.1, -0.05) is 12.8 Å². The summed E-state index contributed by atoms with van der Waals surface area (Å²) in [5.41, 5.74) is 1.39. The Labute approximate surface area is 157 Å². The molecule has 2 heterocycles. The van der Waals surface area contributed by atoms with E-state index in [1.54, 1.807) is 0 Å². The average Bonchev–Trinajstić information content (AvgIpc) is 3.32. The highest BCUT2D eigenvalue weighted by atomic mass is 19.1. The Morgan fingerprint density at radius 3 is 2.59 bits per heavy atom. The quantitative estimate of drug-likeness (QED) is 0.863. The highest BCUT2D eigenvalue weighted by molar-refractivity contribution is 5.95. The minimum atomic E-state index is -0.684. The zero-order chi connectivity index (χ0) is 18.8. The topological polar surface area (TPSA) is 59.0 Å². The molecule has 0 bridgehead atoms. The minimum absolute atomic E-state index is 0.0996. The van der Waals surface area contributed by atoms with Crippen LogP contribution in [0, 0.1) is 11.6 Å². The van der Waals surface area contributed by atoms with E-state index in [0.717, 1.165) is 63.4 Å². The van der Waals surface area contributed by atoms with Crippen molar-refractivity contribution in [3.05, 3.63) is 47.3 Å². The molecule has 1 aromatic carbocycles. The molecule has 0 radical (unpaired) electrons. The molecule has 1 saturated carbocycles. The van der Waals surface area contributed by atoms with Crippen LogP contribution in [0.3, 0.4) is 0 Å². The second-order valence-electron chi connectivity index (χ2n) is 7.43. The number of carbonyl (C=O) groups excluding carboxylic acids is 1. The van der Waals surface area contributed by atoms with Crippen LogP contribution in [-0.4, -0.2) is 34.8 Å². The van der Waals surface area contributed by atoms with Crippen molar-refractivity contribution < 1.29 is 13.6 Å². The molecule has 2 N–H and O–H groups in total. The van der Waals surface area contributed by atoms with Gasteiger partial charge >= 0.3 is 0 Å². The zero-order valence-corrected chi connectivity index (χ0v) is 15.2. The first-order chi connectivity index (χ1) is 13.1. The van der Waals surface area contributed by atoms with E-state index in [0.29, 0.717) is 5.56 Å². The summed E-state index contributed by atoms with van der Waals surface area (Å²) >= 11 is 0. The maximum atomic E-state index is 14.4. The molecular formula is C20H24F2N4O. The molecule has 1 saturated heterocycles. The van der Waals surface area contributed by atoms with Gasteiger partial charge in [-0.15, -0.1) is 0 Å². The van der Waals surface area contributed by atoms with Crippen LogP contribution in [0.25, 0.3) is 5.69 Å². The van der Waals surface area contributed by atoms with Crippen molar-refractivity contribution in [2.45, 2.75) is 50.5 Å². The summed E-state index contributed by atoms with van der Waals surface area (Å²) < 4.78 is 29.2. The first-order valence-electron chi connectivity index (χ1n) is 9.68. The third-order valence-corrected chi connectivity index (χ3v) is 5.61. The number of hydrogen-bond acceptors (Lipinski definition) is 3. The van der Waals surface area contributed by atoms with E-state index in [1.807, 2.05) is 0 Å². The summed E-state index contributed by atoms with van der Waals surface area (Å²) in [6.45, 7) is 1.68. The van der Waals surface area contributed by atoms with E-state index in [2.05, 4.69) is 15.7 Å².